The first-order valence-corrected chi connectivity index (χ1v) is 9.76. The van der Waals surface area contributed by atoms with E-state index in [1.807, 2.05) is 0 Å². The molecule has 0 aromatic heterocycles. The van der Waals surface area contributed by atoms with Crippen LogP contribution in [0.4, 0.5) is 4.39 Å². The second-order valence-corrected chi connectivity index (χ2v) is 9.47. The second-order valence-electron chi connectivity index (χ2n) is 7.79. The van der Waals surface area contributed by atoms with E-state index >= 15 is 0 Å². The van der Waals surface area contributed by atoms with Crippen molar-refractivity contribution in [2.75, 3.05) is 12.6 Å². The quantitative estimate of drug-likeness (QED) is 0.852. The minimum Gasteiger partial charge on any atom is -0.332 e. The number of sulfonamides is 1. The molecule has 1 N–H and O–H groups in total. The highest BCUT2D eigenvalue weighted by molar-refractivity contribution is 7.89. The van der Waals surface area contributed by atoms with E-state index in [-0.39, 0.29) is 17.5 Å². The molecule has 0 spiro atoms. The molecule has 7 heteroatoms. The fourth-order valence-corrected chi connectivity index (χ4v) is 4.30. The van der Waals surface area contributed by atoms with Crippen LogP contribution in [0.3, 0.4) is 0 Å². The highest BCUT2D eigenvalue weighted by Crippen LogP contribution is 2.38. The van der Waals surface area contributed by atoms with Crippen LogP contribution < -0.4 is 4.72 Å². The molecule has 0 amide bonds. The van der Waals surface area contributed by atoms with Gasteiger partial charge in [0.15, 0.2) is 0 Å². The SMILES string of the molecule is CC(C)C1=C2CC(NS(=O)(=O)CF)CN2C(C(C)(C)C)=N[C@H]1C. The maximum atomic E-state index is 12.6. The summed E-state index contributed by atoms with van der Waals surface area (Å²) in [6.07, 6.45) is 0.589. The molecule has 0 aliphatic carbocycles. The molecule has 2 aliphatic heterocycles. The van der Waals surface area contributed by atoms with Crippen molar-refractivity contribution in [2.24, 2.45) is 16.3 Å². The lowest BCUT2D eigenvalue weighted by Crippen LogP contribution is -2.44. The van der Waals surface area contributed by atoms with Gasteiger partial charge in [0.05, 0.1) is 6.04 Å². The Labute approximate surface area is 139 Å². The van der Waals surface area contributed by atoms with Crippen molar-refractivity contribution in [3.63, 3.8) is 0 Å². The Morgan fingerprint density at radius 3 is 2.48 bits per heavy atom. The van der Waals surface area contributed by atoms with Crippen molar-refractivity contribution < 1.29 is 12.8 Å². The van der Waals surface area contributed by atoms with Gasteiger partial charge in [0.25, 0.3) is 0 Å². The standard InChI is InChI=1S/C16H28FN3O2S/c1-10(2)14-11(3)18-15(16(4,5)6)20-8-12(7-13(14)20)19-23(21,22)9-17/h10-12,19H,7-9H2,1-6H3/t11-,12?/m0/s1. The summed E-state index contributed by atoms with van der Waals surface area (Å²) in [6.45, 7) is 13.2. The molecule has 0 bridgehead atoms. The van der Waals surface area contributed by atoms with Gasteiger partial charge in [-0.05, 0) is 18.4 Å². The van der Waals surface area contributed by atoms with Crippen molar-refractivity contribution in [2.45, 2.75) is 60.0 Å². The number of hydrogen-bond donors (Lipinski definition) is 1. The third-order valence-electron chi connectivity index (χ3n) is 4.31. The van der Waals surface area contributed by atoms with Crippen molar-refractivity contribution >= 4 is 15.9 Å². The Balaban J connectivity index is 2.39. The smallest absolute Gasteiger partial charge is 0.241 e. The van der Waals surface area contributed by atoms with Crippen LogP contribution >= 0.6 is 0 Å². The number of nitrogens with zero attached hydrogens (tertiary/aromatic N) is 2. The van der Waals surface area contributed by atoms with Crippen LogP contribution in [0.15, 0.2) is 16.3 Å². The molecule has 5 nitrogen and oxygen atoms in total. The molecule has 0 aromatic carbocycles. The third kappa shape index (κ3) is 3.76. The molecule has 1 unspecified atom stereocenters. The van der Waals surface area contributed by atoms with Crippen LogP contribution in [0.5, 0.6) is 0 Å². The van der Waals surface area contributed by atoms with E-state index in [1.165, 1.54) is 5.57 Å². The van der Waals surface area contributed by atoms with Crippen LogP contribution in [-0.4, -0.2) is 43.8 Å². The van der Waals surface area contributed by atoms with Gasteiger partial charge in [-0.3, -0.25) is 4.99 Å². The fourth-order valence-electron chi connectivity index (χ4n) is 3.57. The molecular weight excluding hydrogens is 317 g/mol. The first kappa shape index (κ1) is 18.4. The van der Waals surface area contributed by atoms with Crippen molar-refractivity contribution in [3.8, 4) is 0 Å². The van der Waals surface area contributed by atoms with E-state index in [0.29, 0.717) is 18.9 Å². The summed E-state index contributed by atoms with van der Waals surface area (Å²) in [6, 6.07) is -1.60. The van der Waals surface area contributed by atoms with Gasteiger partial charge in [0.2, 0.25) is 16.0 Å². The number of aliphatic imine (C=N–C) groups is 1. The number of rotatable bonds is 4. The van der Waals surface area contributed by atoms with E-state index in [1.54, 1.807) is 0 Å². The number of fused-ring (bicyclic) bond motifs is 1. The average molecular weight is 345 g/mol. The number of amidine groups is 1. The molecule has 1 fully saturated rings. The molecule has 0 saturated carbocycles. The van der Waals surface area contributed by atoms with Gasteiger partial charge in [0, 0.05) is 30.1 Å². The predicted molar refractivity (Wildman–Crippen MR) is 91.4 cm³/mol. The Morgan fingerprint density at radius 2 is 2.00 bits per heavy atom. The Kier molecular flexibility index (Phi) is 4.93. The molecule has 2 rings (SSSR count). The van der Waals surface area contributed by atoms with Gasteiger partial charge in [0.1, 0.15) is 5.84 Å². The molecule has 2 aliphatic rings. The molecule has 2 atom stereocenters. The molecule has 132 valence electrons. The largest absolute Gasteiger partial charge is 0.332 e. The van der Waals surface area contributed by atoms with E-state index in [2.05, 4.69) is 51.2 Å². The first-order valence-electron chi connectivity index (χ1n) is 8.11. The molecular formula is C16H28FN3O2S. The van der Waals surface area contributed by atoms with Crippen LogP contribution in [0, 0.1) is 11.3 Å². The van der Waals surface area contributed by atoms with Crippen LogP contribution in [0.2, 0.25) is 0 Å². The normalized spacial score (nSPS) is 25.9. The molecule has 2 heterocycles. The zero-order chi connectivity index (χ0) is 17.6. The Morgan fingerprint density at radius 1 is 1.39 bits per heavy atom. The van der Waals surface area contributed by atoms with Crippen LogP contribution in [0.1, 0.15) is 48.0 Å². The highest BCUT2D eigenvalue weighted by atomic mass is 32.2. The van der Waals surface area contributed by atoms with Gasteiger partial charge in [-0.1, -0.05) is 34.6 Å². The van der Waals surface area contributed by atoms with Crippen molar-refractivity contribution in [1.29, 1.82) is 0 Å². The van der Waals surface area contributed by atoms with E-state index in [9.17, 15) is 12.8 Å². The maximum absolute atomic E-state index is 12.6. The third-order valence-corrected chi connectivity index (χ3v) is 5.29. The minimum atomic E-state index is -3.86. The fraction of sp³-hybridized carbons (Fsp3) is 0.812. The van der Waals surface area contributed by atoms with E-state index in [0.717, 1.165) is 11.5 Å². The number of alkyl halides is 1. The predicted octanol–water partition coefficient (Wildman–Crippen LogP) is 2.66. The zero-order valence-electron chi connectivity index (χ0n) is 14.9. The number of halogens is 1. The van der Waals surface area contributed by atoms with Gasteiger partial charge in [-0.25, -0.2) is 17.5 Å². The lowest BCUT2D eigenvalue weighted by molar-refractivity contribution is 0.426. The van der Waals surface area contributed by atoms with Crippen LogP contribution in [0.25, 0.3) is 0 Å². The summed E-state index contributed by atoms with van der Waals surface area (Å²) in [5, 5.41) is 0. The summed E-state index contributed by atoms with van der Waals surface area (Å²) in [5.74, 6) is 1.32. The van der Waals surface area contributed by atoms with Crippen molar-refractivity contribution in [1.82, 2.24) is 9.62 Å². The van der Waals surface area contributed by atoms with Crippen LogP contribution in [-0.2, 0) is 10.0 Å². The molecule has 0 radical (unpaired) electrons. The second kappa shape index (κ2) is 6.16. The Hall–Kier alpha value is -0.950. The summed E-state index contributed by atoms with van der Waals surface area (Å²) in [7, 11) is -3.86. The Bertz CT molecular complexity index is 632. The monoisotopic (exact) mass is 345 g/mol. The summed E-state index contributed by atoms with van der Waals surface area (Å²) < 4.78 is 38.2. The molecule has 0 aromatic rings. The lowest BCUT2D eigenvalue weighted by atomic mass is 9.88. The van der Waals surface area contributed by atoms with Gasteiger partial charge < -0.3 is 4.90 Å². The molecule has 1 saturated heterocycles. The van der Waals surface area contributed by atoms with Gasteiger partial charge in [-0.2, -0.15) is 0 Å². The number of nitrogens with one attached hydrogen (secondary N) is 1. The van der Waals surface area contributed by atoms with Crippen molar-refractivity contribution in [3.05, 3.63) is 11.3 Å². The minimum absolute atomic E-state index is 0.0898. The first-order chi connectivity index (χ1) is 10.5. The van der Waals surface area contributed by atoms with E-state index in [4.69, 9.17) is 4.99 Å². The topological polar surface area (TPSA) is 61.8 Å². The lowest BCUT2D eigenvalue weighted by Gasteiger charge is -2.38. The summed E-state index contributed by atoms with van der Waals surface area (Å²) in [5.41, 5.74) is 2.27. The maximum Gasteiger partial charge on any atom is 0.241 e. The summed E-state index contributed by atoms with van der Waals surface area (Å²) in [4.78, 5) is 7.02. The van der Waals surface area contributed by atoms with Gasteiger partial charge >= 0.3 is 0 Å². The number of hydrogen-bond acceptors (Lipinski definition) is 4. The molecule has 23 heavy (non-hydrogen) atoms. The summed E-state index contributed by atoms with van der Waals surface area (Å²) >= 11 is 0. The van der Waals surface area contributed by atoms with E-state index < -0.39 is 16.0 Å². The average Bonchev–Trinajstić information content (AvgIpc) is 2.77. The zero-order valence-corrected chi connectivity index (χ0v) is 15.7. The van der Waals surface area contributed by atoms with Gasteiger partial charge in [-0.15, -0.1) is 0 Å². The highest BCUT2D eigenvalue weighted by Gasteiger charge is 2.41.